The minimum absolute atomic E-state index is 0.0432. The lowest BCUT2D eigenvalue weighted by molar-refractivity contribution is -0.188. The van der Waals surface area contributed by atoms with Crippen LogP contribution in [0.3, 0.4) is 0 Å². The largest absolute Gasteiger partial charge is 0.479 e. The SMILES string of the molecule is COCC(CC(C)C)(ONC(=O)OC(C)(C)C)C(=O)O. The zero-order valence-electron chi connectivity index (χ0n) is 13.0. The summed E-state index contributed by atoms with van der Waals surface area (Å²) in [5, 5.41) is 9.35. The Kier molecular flexibility index (Phi) is 6.95. The monoisotopic (exact) mass is 291 g/mol. The lowest BCUT2D eigenvalue weighted by Gasteiger charge is -2.30. The highest BCUT2D eigenvalue weighted by molar-refractivity contribution is 5.78. The number of carboxylic acid groups (broad SMARTS) is 1. The van der Waals surface area contributed by atoms with Crippen molar-refractivity contribution in [1.29, 1.82) is 0 Å². The number of hydrogen-bond donors (Lipinski definition) is 2. The fourth-order valence-electron chi connectivity index (χ4n) is 1.65. The highest BCUT2D eigenvalue weighted by atomic mass is 16.7. The van der Waals surface area contributed by atoms with Crippen LogP contribution in [-0.4, -0.2) is 42.1 Å². The van der Waals surface area contributed by atoms with Gasteiger partial charge in [-0.15, -0.1) is 0 Å². The number of carbonyl (C=O) groups excluding carboxylic acids is 1. The van der Waals surface area contributed by atoms with Gasteiger partial charge >= 0.3 is 12.1 Å². The molecule has 1 atom stereocenters. The number of amides is 1. The molecule has 7 nitrogen and oxygen atoms in total. The van der Waals surface area contributed by atoms with Crippen LogP contribution in [0.1, 0.15) is 41.0 Å². The molecule has 0 aliphatic rings. The molecule has 118 valence electrons. The highest BCUT2D eigenvalue weighted by Crippen LogP contribution is 2.22. The van der Waals surface area contributed by atoms with Gasteiger partial charge in [0.15, 0.2) is 0 Å². The molecule has 0 aromatic rings. The predicted octanol–water partition coefficient (Wildman–Crippen LogP) is 1.96. The second-order valence-corrected chi connectivity index (χ2v) is 6.04. The number of rotatable bonds is 7. The summed E-state index contributed by atoms with van der Waals surface area (Å²) in [4.78, 5) is 28.1. The van der Waals surface area contributed by atoms with E-state index in [0.717, 1.165) is 0 Å². The van der Waals surface area contributed by atoms with Crippen molar-refractivity contribution in [3.05, 3.63) is 0 Å². The van der Waals surface area contributed by atoms with E-state index < -0.39 is 23.3 Å². The molecule has 0 radical (unpaired) electrons. The Morgan fingerprint density at radius 3 is 2.15 bits per heavy atom. The molecule has 1 amide bonds. The maximum Gasteiger partial charge on any atom is 0.431 e. The van der Waals surface area contributed by atoms with E-state index >= 15 is 0 Å². The fourth-order valence-corrected chi connectivity index (χ4v) is 1.65. The van der Waals surface area contributed by atoms with Gasteiger partial charge in [-0.3, -0.25) is 0 Å². The van der Waals surface area contributed by atoms with Crippen molar-refractivity contribution >= 4 is 12.1 Å². The molecule has 0 aromatic carbocycles. The summed E-state index contributed by atoms with van der Waals surface area (Å²) in [6.07, 6.45) is -0.658. The lowest BCUT2D eigenvalue weighted by atomic mass is 9.93. The van der Waals surface area contributed by atoms with Crippen molar-refractivity contribution < 1.29 is 29.0 Å². The van der Waals surface area contributed by atoms with Crippen LogP contribution in [0, 0.1) is 5.92 Å². The maximum absolute atomic E-state index is 11.5. The molecule has 0 bridgehead atoms. The van der Waals surface area contributed by atoms with Gasteiger partial charge in [0.1, 0.15) is 5.60 Å². The molecule has 7 heteroatoms. The molecule has 0 fully saturated rings. The van der Waals surface area contributed by atoms with E-state index in [2.05, 4.69) is 0 Å². The molecule has 0 aromatic heterocycles. The van der Waals surface area contributed by atoms with Crippen molar-refractivity contribution in [1.82, 2.24) is 5.48 Å². The quantitative estimate of drug-likeness (QED) is 0.696. The van der Waals surface area contributed by atoms with E-state index in [4.69, 9.17) is 14.3 Å². The average molecular weight is 291 g/mol. The molecule has 20 heavy (non-hydrogen) atoms. The first-order valence-electron chi connectivity index (χ1n) is 6.42. The normalized spacial score (nSPS) is 14.8. The minimum Gasteiger partial charge on any atom is -0.479 e. The number of nitrogens with one attached hydrogen (secondary N) is 1. The maximum atomic E-state index is 11.5. The first kappa shape index (κ1) is 18.7. The van der Waals surface area contributed by atoms with Gasteiger partial charge in [0.2, 0.25) is 5.60 Å². The number of hydrogen-bond acceptors (Lipinski definition) is 5. The Morgan fingerprint density at radius 2 is 1.80 bits per heavy atom. The van der Waals surface area contributed by atoms with Crippen LogP contribution in [0.25, 0.3) is 0 Å². The van der Waals surface area contributed by atoms with Crippen molar-refractivity contribution in [2.75, 3.05) is 13.7 Å². The van der Waals surface area contributed by atoms with E-state index in [1.165, 1.54) is 7.11 Å². The van der Waals surface area contributed by atoms with Gasteiger partial charge in [-0.05, 0) is 33.1 Å². The van der Waals surface area contributed by atoms with Gasteiger partial charge in [0, 0.05) is 7.11 Å². The predicted molar refractivity (Wildman–Crippen MR) is 72.2 cm³/mol. The van der Waals surface area contributed by atoms with E-state index in [1.807, 2.05) is 19.3 Å². The highest BCUT2D eigenvalue weighted by Gasteiger charge is 2.42. The molecular weight excluding hydrogens is 266 g/mol. The lowest BCUT2D eigenvalue weighted by Crippen LogP contribution is -2.51. The number of hydroxylamine groups is 1. The Labute approximate surface area is 119 Å². The molecule has 0 spiro atoms. The molecule has 0 heterocycles. The van der Waals surface area contributed by atoms with Crippen LogP contribution < -0.4 is 5.48 Å². The first-order chi connectivity index (χ1) is 9.02. The molecule has 0 rings (SSSR count). The van der Waals surface area contributed by atoms with Crippen LogP contribution in [0.5, 0.6) is 0 Å². The number of ether oxygens (including phenoxy) is 2. The summed E-state index contributed by atoms with van der Waals surface area (Å²) in [6, 6.07) is 0. The summed E-state index contributed by atoms with van der Waals surface area (Å²) < 4.78 is 9.89. The van der Waals surface area contributed by atoms with Crippen molar-refractivity contribution in [2.24, 2.45) is 5.92 Å². The summed E-state index contributed by atoms with van der Waals surface area (Å²) >= 11 is 0. The second kappa shape index (κ2) is 7.44. The summed E-state index contributed by atoms with van der Waals surface area (Å²) in [5.74, 6) is -1.16. The zero-order chi connectivity index (χ0) is 16.0. The Morgan fingerprint density at radius 1 is 1.25 bits per heavy atom. The third-order valence-corrected chi connectivity index (χ3v) is 2.23. The van der Waals surface area contributed by atoms with E-state index in [0.29, 0.717) is 0 Å². The van der Waals surface area contributed by atoms with E-state index in [1.54, 1.807) is 20.8 Å². The number of methoxy groups -OCH3 is 1. The van der Waals surface area contributed by atoms with Crippen LogP contribution >= 0.6 is 0 Å². The van der Waals surface area contributed by atoms with Gasteiger partial charge in [-0.2, -0.15) is 5.48 Å². The Bertz CT molecular complexity index is 336. The van der Waals surface area contributed by atoms with Crippen LogP contribution in [0.2, 0.25) is 0 Å². The summed E-state index contributed by atoms with van der Waals surface area (Å²) in [7, 11) is 1.37. The summed E-state index contributed by atoms with van der Waals surface area (Å²) in [6.45, 7) is 8.60. The minimum atomic E-state index is -1.64. The van der Waals surface area contributed by atoms with E-state index in [-0.39, 0.29) is 18.9 Å². The molecule has 0 saturated heterocycles. The van der Waals surface area contributed by atoms with Crippen molar-refractivity contribution in [3.8, 4) is 0 Å². The molecule has 0 aliphatic carbocycles. The van der Waals surface area contributed by atoms with Gasteiger partial charge < -0.3 is 14.6 Å². The smallest absolute Gasteiger partial charge is 0.431 e. The molecule has 2 N–H and O–H groups in total. The third-order valence-electron chi connectivity index (χ3n) is 2.23. The molecule has 0 aliphatic heterocycles. The third kappa shape index (κ3) is 6.72. The number of carbonyl (C=O) groups is 2. The first-order valence-corrected chi connectivity index (χ1v) is 6.42. The fraction of sp³-hybridized carbons (Fsp3) is 0.846. The second-order valence-electron chi connectivity index (χ2n) is 6.04. The molecule has 0 saturated carbocycles. The van der Waals surface area contributed by atoms with Crippen LogP contribution in [-0.2, 0) is 19.1 Å². The van der Waals surface area contributed by atoms with Crippen LogP contribution in [0.4, 0.5) is 4.79 Å². The van der Waals surface area contributed by atoms with Crippen molar-refractivity contribution in [3.63, 3.8) is 0 Å². The van der Waals surface area contributed by atoms with Gasteiger partial charge in [0.25, 0.3) is 0 Å². The van der Waals surface area contributed by atoms with Gasteiger partial charge in [-0.25, -0.2) is 14.4 Å². The summed E-state index contributed by atoms with van der Waals surface area (Å²) in [5.41, 5.74) is -0.305. The Hall–Kier alpha value is -1.34. The van der Waals surface area contributed by atoms with Gasteiger partial charge in [-0.1, -0.05) is 13.8 Å². The molecular formula is C13H25NO6. The Balaban J connectivity index is 4.80. The average Bonchev–Trinajstić information content (AvgIpc) is 2.22. The molecule has 1 unspecified atom stereocenters. The number of aliphatic carboxylic acids is 1. The van der Waals surface area contributed by atoms with Crippen LogP contribution in [0.15, 0.2) is 0 Å². The topological polar surface area (TPSA) is 94.1 Å². The standard InChI is InChI=1S/C13H25NO6/c1-9(2)7-13(8-18-6,10(15)16)20-14-11(17)19-12(3,4)5/h9H,7-8H2,1-6H3,(H,14,17)(H,15,16). The van der Waals surface area contributed by atoms with Crippen molar-refractivity contribution in [2.45, 2.75) is 52.2 Å². The number of carboxylic acids is 1. The zero-order valence-corrected chi connectivity index (χ0v) is 13.0. The van der Waals surface area contributed by atoms with Gasteiger partial charge in [0.05, 0.1) is 6.61 Å². The van der Waals surface area contributed by atoms with E-state index in [9.17, 15) is 14.7 Å².